The summed E-state index contributed by atoms with van der Waals surface area (Å²) in [5.74, 6) is -37.4. The lowest BCUT2D eigenvalue weighted by molar-refractivity contribution is -0.440. The highest BCUT2D eigenvalue weighted by Gasteiger charge is 2.90. The minimum atomic E-state index is -7.99. The lowest BCUT2D eigenvalue weighted by Gasteiger charge is -2.39. The van der Waals surface area contributed by atoms with E-state index < -0.39 is 65.9 Å². The van der Waals surface area contributed by atoms with E-state index in [1.165, 1.54) is 0 Å². The molecule has 0 spiro atoms. The van der Waals surface area contributed by atoms with Gasteiger partial charge in [0.25, 0.3) is 0 Å². The van der Waals surface area contributed by atoms with Gasteiger partial charge in [-0.15, -0.1) is 0 Å². The number of aryl methyl sites for hydroxylation is 1. The molecule has 31 heavy (non-hydrogen) atoms. The van der Waals surface area contributed by atoms with Crippen LogP contribution in [0.25, 0.3) is 0 Å². The molecule has 0 unspecified atom stereocenters. The molecule has 1 aromatic rings. The number of hydrogen-bond acceptors (Lipinski definition) is 0. The maximum absolute atomic E-state index is 13.6. The van der Waals surface area contributed by atoms with Crippen LogP contribution in [0.1, 0.15) is 17.5 Å². The molecule has 0 fully saturated rings. The Kier molecular flexibility index (Phi) is 6.65. The van der Waals surface area contributed by atoms with Crippen molar-refractivity contribution in [3.05, 3.63) is 35.4 Å². The van der Waals surface area contributed by atoms with Crippen molar-refractivity contribution in [1.82, 2.24) is 0 Å². The van der Waals surface area contributed by atoms with E-state index in [1.54, 1.807) is 0 Å². The zero-order chi connectivity index (χ0) is 24.9. The van der Waals surface area contributed by atoms with Crippen molar-refractivity contribution in [3.8, 4) is 0 Å². The van der Waals surface area contributed by atoms with Gasteiger partial charge in [0, 0.05) is 6.42 Å². The normalized spacial score (nSPS) is 15.4. The highest BCUT2D eigenvalue weighted by Crippen LogP contribution is 2.60. The summed E-state index contributed by atoms with van der Waals surface area (Å²) in [6, 6.07) is 1.44. The maximum Gasteiger partial charge on any atom is 0.460 e. The summed E-state index contributed by atoms with van der Waals surface area (Å²) in [7, 11) is 0. The van der Waals surface area contributed by atoms with Gasteiger partial charge >= 0.3 is 42.0 Å². The Balaban J connectivity index is 3.19. The molecule has 180 valence electrons. The minimum absolute atomic E-state index is 0.276. The molecule has 1 rings (SSSR count). The zero-order valence-corrected chi connectivity index (χ0v) is 14.3. The van der Waals surface area contributed by atoms with Crippen LogP contribution >= 0.6 is 0 Å². The Hall–Kier alpha value is -1.90. The molecule has 0 radical (unpaired) electrons. The van der Waals surface area contributed by atoms with Crippen LogP contribution in [-0.2, 0) is 12.6 Å². The molecular weight excluding hydrogens is 484 g/mol. The van der Waals surface area contributed by atoms with E-state index in [0.29, 0.717) is 12.1 Å². The zero-order valence-electron chi connectivity index (χ0n) is 14.3. The summed E-state index contributed by atoms with van der Waals surface area (Å²) >= 11 is 0. The standard InChI is InChI=1S/C15H8F16/c16-9(17,6-5-7-1-3-8(4-2-7)10(18,19)20)11(21,22)12(23,24)13(25,26)14(27,28)15(29,30)31/h1-4H,5-6H2. The third-order valence-electron chi connectivity index (χ3n) is 4.01. The molecule has 0 saturated carbocycles. The molecule has 0 heterocycles. The number of hydrogen-bond donors (Lipinski definition) is 0. The lowest BCUT2D eigenvalue weighted by Crippen LogP contribution is -2.70. The molecule has 0 aromatic heterocycles. The number of rotatable bonds is 7. The first-order valence-electron chi connectivity index (χ1n) is 7.55. The Labute approximate surface area is 161 Å². The summed E-state index contributed by atoms with van der Waals surface area (Å²) in [6.07, 6.45) is -16.3. The van der Waals surface area contributed by atoms with Gasteiger partial charge < -0.3 is 0 Å². The molecule has 0 aliphatic rings. The maximum atomic E-state index is 13.6. The highest BCUT2D eigenvalue weighted by atomic mass is 19.4. The van der Waals surface area contributed by atoms with Gasteiger partial charge in [-0.25, -0.2) is 0 Å². The number of benzene rings is 1. The van der Waals surface area contributed by atoms with Crippen molar-refractivity contribution < 1.29 is 70.2 Å². The van der Waals surface area contributed by atoms with E-state index in [-0.39, 0.29) is 12.1 Å². The van der Waals surface area contributed by atoms with Crippen molar-refractivity contribution in [2.24, 2.45) is 0 Å². The molecule has 16 heteroatoms. The van der Waals surface area contributed by atoms with E-state index in [0.717, 1.165) is 0 Å². The predicted octanol–water partition coefficient (Wildman–Crippen LogP) is 7.38. The first-order valence-corrected chi connectivity index (χ1v) is 7.55. The molecule has 0 nitrogen and oxygen atoms in total. The molecular formula is C15H8F16. The van der Waals surface area contributed by atoms with Crippen molar-refractivity contribution in [2.75, 3.05) is 0 Å². The van der Waals surface area contributed by atoms with E-state index in [4.69, 9.17) is 0 Å². The summed E-state index contributed by atoms with van der Waals surface area (Å²) in [6.45, 7) is 0. The van der Waals surface area contributed by atoms with Crippen molar-refractivity contribution in [3.63, 3.8) is 0 Å². The van der Waals surface area contributed by atoms with E-state index in [9.17, 15) is 70.2 Å². The monoisotopic (exact) mass is 492 g/mol. The highest BCUT2D eigenvalue weighted by molar-refractivity contribution is 5.25. The average Bonchev–Trinajstić information content (AvgIpc) is 2.58. The number of alkyl halides is 16. The lowest BCUT2D eigenvalue weighted by atomic mass is 9.91. The van der Waals surface area contributed by atoms with Gasteiger partial charge in [-0.05, 0) is 24.1 Å². The smallest absolute Gasteiger partial charge is 0.200 e. The first-order chi connectivity index (χ1) is 13.4. The Bertz CT molecular complexity index is 753. The second kappa shape index (κ2) is 7.60. The molecule has 0 aliphatic carbocycles. The molecule has 1 aromatic carbocycles. The SMILES string of the molecule is FC(F)(F)c1ccc(CCC(F)(F)C(F)(F)C(F)(F)C(F)(F)C(F)(F)C(F)(F)F)cc1. The van der Waals surface area contributed by atoms with Crippen LogP contribution in [0.5, 0.6) is 0 Å². The minimum Gasteiger partial charge on any atom is -0.200 e. The van der Waals surface area contributed by atoms with Crippen LogP contribution in [0.3, 0.4) is 0 Å². The van der Waals surface area contributed by atoms with Crippen LogP contribution in [0, 0.1) is 0 Å². The van der Waals surface area contributed by atoms with Gasteiger partial charge in [-0.2, -0.15) is 70.2 Å². The van der Waals surface area contributed by atoms with Crippen LogP contribution in [0.15, 0.2) is 24.3 Å². The van der Waals surface area contributed by atoms with E-state index in [2.05, 4.69) is 0 Å². The summed E-state index contributed by atoms with van der Waals surface area (Å²) in [4.78, 5) is 0. The summed E-state index contributed by atoms with van der Waals surface area (Å²) < 4.78 is 205. The van der Waals surface area contributed by atoms with Crippen molar-refractivity contribution >= 4 is 0 Å². The van der Waals surface area contributed by atoms with Crippen molar-refractivity contribution in [2.45, 2.75) is 54.8 Å². The van der Waals surface area contributed by atoms with Crippen LogP contribution in [0.4, 0.5) is 70.2 Å². The predicted molar refractivity (Wildman–Crippen MR) is 70.6 cm³/mol. The molecule has 0 aliphatic heterocycles. The van der Waals surface area contributed by atoms with Crippen molar-refractivity contribution in [1.29, 1.82) is 0 Å². The Morgan fingerprint density at radius 3 is 1.23 bits per heavy atom. The average molecular weight is 492 g/mol. The fourth-order valence-corrected chi connectivity index (χ4v) is 2.12. The first kappa shape index (κ1) is 27.1. The Morgan fingerprint density at radius 2 is 0.871 bits per heavy atom. The fourth-order valence-electron chi connectivity index (χ4n) is 2.12. The van der Waals surface area contributed by atoms with E-state index in [1.807, 2.05) is 0 Å². The quantitative estimate of drug-likeness (QED) is 0.349. The van der Waals surface area contributed by atoms with Crippen LogP contribution in [-0.4, -0.2) is 35.8 Å². The van der Waals surface area contributed by atoms with E-state index >= 15 is 0 Å². The number of halogens is 16. The molecule has 0 amide bonds. The van der Waals surface area contributed by atoms with Gasteiger partial charge in [0.15, 0.2) is 0 Å². The fraction of sp³-hybridized carbons (Fsp3) is 0.600. The molecule has 0 saturated heterocycles. The summed E-state index contributed by atoms with van der Waals surface area (Å²) in [5, 5.41) is 0. The van der Waals surface area contributed by atoms with Gasteiger partial charge in [-0.1, -0.05) is 12.1 Å². The second-order valence-corrected chi connectivity index (χ2v) is 6.19. The van der Waals surface area contributed by atoms with Gasteiger partial charge in [0.1, 0.15) is 0 Å². The Morgan fingerprint density at radius 1 is 0.484 bits per heavy atom. The third-order valence-corrected chi connectivity index (χ3v) is 4.01. The van der Waals surface area contributed by atoms with Crippen LogP contribution < -0.4 is 0 Å². The topological polar surface area (TPSA) is 0 Å². The van der Waals surface area contributed by atoms with Gasteiger partial charge in [-0.3, -0.25) is 0 Å². The molecule has 0 bridgehead atoms. The second-order valence-electron chi connectivity index (χ2n) is 6.19. The van der Waals surface area contributed by atoms with Gasteiger partial charge in [0.05, 0.1) is 5.56 Å². The molecule has 0 atom stereocenters. The van der Waals surface area contributed by atoms with Crippen LogP contribution in [0.2, 0.25) is 0 Å². The molecule has 0 N–H and O–H groups in total. The summed E-state index contributed by atoms with van der Waals surface area (Å²) in [5.41, 5.74) is -1.94. The van der Waals surface area contributed by atoms with Gasteiger partial charge in [0.2, 0.25) is 0 Å². The third kappa shape index (κ3) is 4.52. The largest absolute Gasteiger partial charge is 0.460 e.